The molecule has 0 aliphatic carbocycles. The van der Waals surface area contributed by atoms with Crippen molar-refractivity contribution in [1.29, 1.82) is 0 Å². The Kier molecular flexibility index (Phi) is 4.33. The largest absolute Gasteiger partial charge is 0.388 e. The van der Waals surface area contributed by atoms with Gasteiger partial charge in [0.05, 0.1) is 0 Å². The van der Waals surface area contributed by atoms with Gasteiger partial charge in [-0.15, -0.1) is 0 Å². The van der Waals surface area contributed by atoms with Gasteiger partial charge in [0, 0.05) is 32.0 Å². The van der Waals surface area contributed by atoms with E-state index in [1.165, 1.54) is 51.9 Å². The topological polar surface area (TPSA) is 18.5 Å². The average Bonchev–Trinajstić information content (AvgIpc) is 2.32. The first-order valence-corrected chi connectivity index (χ1v) is 6.31. The van der Waals surface area contributed by atoms with Gasteiger partial charge < -0.3 is 15.1 Å². The molecule has 2 aliphatic rings. The Morgan fingerprint density at radius 2 is 1.87 bits per heavy atom. The van der Waals surface area contributed by atoms with Gasteiger partial charge in [-0.1, -0.05) is 6.42 Å². The SMILES string of the molecule is C1=CN(CCCN2CCCCC2)CCN1. The Morgan fingerprint density at radius 1 is 1.00 bits per heavy atom. The van der Waals surface area contributed by atoms with Crippen molar-refractivity contribution in [2.45, 2.75) is 25.7 Å². The standard InChI is InChI=1S/C12H23N3/c1-2-7-14(8-3-1)9-4-10-15-11-5-13-6-12-15/h5,11,13H,1-4,6-10,12H2. The molecule has 86 valence electrons. The second-order valence-corrected chi connectivity index (χ2v) is 4.56. The minimum absolute atomic E-state index is 1.10. The zero-order chi connectivity index (χ0) is 10.3. The molecule has 0 bridgehead atoms. The molecule has 1 N–H and O–H groups in total. The Balaban J connectivity index is 1.57. The number of likely N-dealkylation sites (tertiary alicyclic amines) is 1. The van der Waals surface area contributed by atoms with Crippen molar-refractivity contribution in [3.8, 4) is 0 Å². The third-order valence-corrected chi connectivity index (χ3v) is 3.31. The summed E-state index contributed by atoms with van der Waals surface area (Å²) in [5.41, 5.74) is 0. The highest BCUT2D eigenvalue weighted by Gasteiger charge is 2.10. The van der Waals surface area contributed by atoms with Crippen molar-refractivity contribution in [2.24, 2.45) is 0 Å². The average molecular weight is 209 g/mol. The van der Waals surface area contributed by atoms with Crippen LogP contribution in [0.25, 0.3) is 0 Å². The van der Waals surface area contributed by atoms with Crippen LogP contribution in [0.5, 0.6) is 0 Å². The summed E-state index contributed by atoms with van der Waals surface area (Å²) in [7, 11) is 0. The zero-order valence-corrected chi connectivity index (χ0v) is 9.62. The van der Waals surface area contributed by atoms with E-state index in [0.29, 0.717) is 0 Å². The predicted octanol–water partition coefficient (Wildman–Crippen LogP) is 1.24. The molecule has 1 saturated heterocycles. The van der Waals surface area contributed by atoms with Crippen molar-refractivity contribution in [2.75, 3.05) is 39.3 Å². The Hall–Kier alpha value is -0.700. The van der Waals surface area contributed by atoms with Crippen LogP contribution in [0.15, 0.2) is 12.4 Å². The molecule has 2 heterocycles. The maximum absolute atomic E-state index is 3.22. The molecular formula is C12H23N3. The summed E-state index contributed by atoms with van der Waals surface area (Å²) < 4.78 is 0. The Labute approximate surface area is 93.1 Å². The summed E-state index contributed by atoms with van der Waals surface area (Å²) in [6.45, 7) is 7.43. The van der Waals surface area contributed by atoms with Crippen LogP contribution in [0.4, 0.5) is 0 Å². The summed E-state index contributed by atoms with van der Waals surface area (Å²) in [6.07, 6.45) is 9.81. The molecule has 0 saturated carbocycles. The highest BCUT2D eigenvalue weighted by molar-refractivity contribution is 4.86. The van der Waals surface area contributed by atoms with Crippen LogP contribution >= 0.6 is 0 Å². The Bertz CT molecular complexity index is 197. The Morgan fingerprint density at radius 3 is 2.60 bits per heavy atom. The van der Waals surface area contributed by atoms with Crippen LogP contribution in [0, 0.1) is 0 Å². The first-order valence-electron chi connectivity index (χ1n) is 6.31. The maximum atomic E-state index is 3.22. The molecule has 0 aromatic rings. The van der Waals surface area contributed by atoms with Crippen LogP contribution in [0.3, 0.4) is 0 Å². The molecular weight excluding hydrogens is 186 g/mol. The number of nitrogens with one attached hydrogen (secondary N) is 1. The normalized spacial score (nSPS) is 22.8. The van der Waals surface area contributed by atoms with E-state index in [9.17, 15) is 0 Å². The van der Waals surface area contributed by atoms with E-state index in [2.05, 4.69) is 27.5 Å². The van der Waals surface area contributed by atoms with E-state index in [1.54, 1.807) is 0 Å². The first-order chi connectivity index (χ1) is 7.45. The number of rotatable bonds is 4. The number of nitrogens with zero attached hydrogens (tertiary/aromatic N) is 2. The molecule has 2 rings (SSSR count). The van der Waals surface area contributed by atoms with Gasteiger partial charge in [0.1, 0.15) is 0 Å². The monoisotopic (exact) mass is 209 g/mol. The minimum atomic E-state index is 1.10. The van der Waals surface area contributed by atoms with Crippen molar-refractivity contribution in [3.05, 3.63) is 12.4 Å². The van der Waals surface area contributed by atoms with E-state index in [0.717, 1.165) is 13.1 Å². The molecule has 3 nitrogen and oxygen atoms in total. The molecule has 0 unspecified atom stereocenters. The van der Waals surface area contributed by atoms with Crippen molar-refractivity contribution >= 4 is 0 Å². The van der Waals surface area contributed by atoms with Crippen LogP contribution < -0.4 is 5.32 Å². The lowest BCUT2D eigenvalue weighted by Gasteiger charge is -2.28. The quantitative estimate of drug-likeness (QED) is 0.751. The van der Waals surface area contributed by atoms with Crippen molar-refractivity contribution in [1.82, 2.24) is 15.1 Å². The molecule has 3 heteroatoms. The molecule has 2 aliphatic heterocycles. The second kappa shape index (κ2) is 6.01. The summed E-state index contributed by atoms with van der Waals surface area (Å²) in [5, 5.41) is 3.22. The van der Waals surface area contributed by atoms with Crippen LogP contribution in [0.2, 0.25) is 0 Å². The fourth-order valence-electron chi connectivity index (χ4n) is 2.39. The molecule has 1 fully saturated rings. The van der Waals surface area contributed by atoms with E-state index < -0.39 is 0 Å². The summed E-state index contributed by atoms with van der Waals surface area (Å²) in [6, 6.07) is 0. The van der Waals surface area contributed by atoms with Crippen LogP contribution in [0.1, 0.15) is 25.7 Å². The first kappa shape index (κ1) is 10.8. The molecule has 0 aromatic heterocycles. The fraction of sp³-hybridized carbons (Fsp3) is 0.833. The van der Waals surface area contributed by atoms with Crippen molar-refractivity contribution < 1.29 is 0 Å². The van der Waals surface area contributed by atoms with Gasteiger partial charge in [-0.05, 0) is 38.9 Å². The molecule has 0 radical (unpaired) electrons. The highest BCUT2D eigenvalue weighted by atomic mass is 15.2. The van der Waals surface area contributed by atoms with Crippen molar-refractivity contribution in [3.63, 3.8) is 0 Å². The highest BCUT2D eigenvalue weighted by Crippen LogP contribution is 2.09. The zero-order valence-electron chi connectivity index (χ0n) is 9.62. The summed E-state index contributed by atoms with van der Waals surface area (Å²) in [5.74, 6) is 0. The molecule has 0 atom stereocenters. The van der Waals surface area contributed by atoms with Gasteiger partial charge in [-0.3, -0.25) is 0 Å². The van der Waals surface area contributed by atoms with Gasteiger partial charge in [0.2, 0.25) is 0 Å². The third kappa shape index (κ3) is 3.74. The second-order valence-electron chi connectivity index (χ2n) is 4.56. The van der Waals surface area contributed by atoms with Gasteiger partial charge in [0.15, 0.2) is 0 Å². The summed E-state index contributed by atoms with van der Waals surface area (Å²) >= 11 is 0. The number of hydrogen-bond acceptors (Lipinski definition) is 3. The van der Waals surface area contributed by atoms with Gasteiger partial charge in [-0.2, -0.15) is 0 Å². The van der Waals surface area contributed by atoms with Crippen LogP contribution in [-0.2, 0) is 0 Å². The predicted molar refractivity (Wildman–Crippen MR) is 63.6 cm³/mol. The fourth-order valence-corrected chi connectivity index (χ4v) is 2.39. The van der Waals surface area contributed by atoms with E-state index in [-0.39, 0.29) is 0 Å². The smallest absolute Gasteiger partial charge is 0.0346 e. The van der Waals surface area contributed by atoms with Crippen LogP contribution in [-0.4, -0.2) is 49.1 Å². The molecule has 0 amide bonds. The molecule has 0 aromatic carbocycles. The number of hydrogen-bond donors (Lipinski definition) is 1. The van der Waals surface area contributed by atoms with E-state index in [4.69, 9.17) is 0 Å². The third-order valence-electron chi connectivity index (χ3n) is 3.31. The number of piperidine rings is 1. The lowest BCUT2D eigenvalue weighted by molar-refractivity contribution is 0.215. The minimum Gasteiger partial charge on any atom is -0.388 e. The lowest BCUT2D eigenvalue weighted by atomic mass is 10.1. The van der Waals surface area contributed by atoms with Gasteiger partial charge >= 0.3 is 0 Å². The van der Waals surface area contributed by atoms with Gasteiger partial charge in [0.25, 0.3) is 0 Å². The van der Waals surface area contributed by atoms with E-state index >= 15 is 0 Å². The van der Waals surface area contributed by atoms with Gasteiger partial charge in [-0.25, -0.2) is 0 Å². The maximum Gasteiger partial charge on any atom is 0.0346 e. The summed E-state index contributed by atoms with van der Waals surface area (Å²) in [4.78, 5) is 5.04. The molecule has 0 spiro atoms. The molecule has 15 heavy (non-hydrogen) atoms. The van der Waals surface area contributed by atoms with E-state index in [1.807, 2.05) is 0 Å². The lowest BCUT2D eigenvalue weighted by Crippen LogP contribution is -2.35.